The zero-order valence-corrected chi connectivity index (χ0v) is 14.5. The molecule has 0 saturated heterocycles. The molecular weight excluding hydrogens is 314 g/mol. The number of hydrogen-bond acceptors (Lipinski definition) is 3. The SMILES string of the molecule is C[C@@H](NC(=O)[C@H]1COc2ccccc2O1)c1ccc2c(c1)CCCC2. The van der Waals surface area contributed by atoms with E-state index in [1.54, 1.807) is 0 Å². The summed E-state index contributed by atoms with van der Waals surface area (Å²) in [6.07, 6.45) is 4.22. The second-order valence-electron chi connectivity index (χ2n) is 6.83. The van der Waals surface area contributed by atoms with Crippen molar-refractivity contribution in [3.63, 3.8) is 0 Å². The molecular formula is C21H23NO3. The van der Waals surface area contributed by atoms with Gasteiger partial charge in [0.2, 0.25) is 6.10 Å². The minimum absolute atomic E-state index is 0.0551. The Kier molecular flexibility index (Phi) is 4.35. The van der Waals surface area contributed by atoms with E-state index in [1.165, 1.54) is 30.4 Å². The van der Waals surface area contributed by atoms with Crippen LogP contribution in [0.1, 0.15) is 42.5 Å². The van der Waals surface area contributed by atoms with E-state index in [9.17, 15) is 4.79 Å². The van der Waals surface area contributed by atoms with E-state index in [0.29, 0.717) is 11.5 Å². The lowest BCUT2D eigenvalue weighted by Gasteiger charge is -2.27. The van der Waals surface area contributed by atoms with E-state index in [0.717, 1.165) is 12.0 Å². The topological polar surface area (TPSA) is 47.6 Å². The summed E-state index contributed by atoms with van der Waals surface area (Å²) >= 11 is 0. The number of carbonyl (C=O) groups excluding carboxylic acids is 1. The van der Waals surface area contributed by atoms with Crippen LogP contribution < -0.4 is 14.8 Å². The highest BCUT2D eigenvalue weighted by atomic mass is 16.6. The summed E-state index contributed by atoms with van der Waals surface area (Å²) in [6, 6.07) is 14.0. The van der Waals surface area contributed by atoms with E-state index >= 15 is 0 Å². The molecule has 0 radical (unpaired) electrons. The number of para-hydroxylation sites is 2. The van der Waals surface area contributed by atoms with E-state index in [1.807, 2.05) is 31.2 Å². The van der Waals surface area contributed by atoms with Crippen molar-refractivity contribution in [2.45, 2.75) is 44.8 Å². The third-order valence-electron chi connectivity index (χ3n) is 5.03. The molecule has 0 bridgehead atoms. The molecule has 0 unspecified atom stereocenters. The standard InChI is InChI=1S/C21H23NO3/c1-14(16-11-10-15-6-2-3-7-17(15)12-16)22-21(23)20-13-24-18-8-4-5-9-19(18)25-20/h4-5,8-12,14,20H,2-3,6-7,13H2,1H3,(H,22,23)/t14-,20-/m1/s1. The number of nitrogens with one attached hydrogen (secondary N) is 1. The molecule has 2 aromatic carbocycles. The predicted octanol–water partition coefficient (Wildman–Crippen LogP) is 3.58. The number of amides is 1. The van der Waals surface area contributed by atoms with Crippen LogP contribution in [0.5, 0.6) is 11.5 Å². The van der Waals surface area contributed by atoms with Crippen LogP contribution in [0.15, 0.2) is 42.5 Å². The Morgan fingerprint density at radius 2 is 1.84 bits per heavy atom. The molecule has 1 aliphatic heterocycles. The average molecular weight is 337 g/mol. The van der Waals surface area contributed by atoms with Crippen molar-refractivity contribution in [3.8, 4) is 11.5 Å². The molecule has 4 heteroatoms. The lowest BCUT2D eigenvalue weighted by molar-refractivity contribution is -0.131. The van der Waals surface area contributed by atoms with Crippen LogP contribution in [0.3, 0.4) is 0 Å². The largest absolute Gasteiger partial charge is 0.485 e. The third-order valence-corrected chi connectivity index (χ3v) is 5.03. The van der Waals surface area contributed by atoms with E-state index in [2.05, 4.69) is 23.5 Å². The number of aryl methyl sites for hydroxylation is 2. The van der Waals surface area contributed by atoms with Crippen molar-refractivity contribution in [3.05, 3.63) is 59.2 Å². The molecule has 4 rings (SSSR count). The van der Waals surface area contributed by atoms with Gasteiger partial charge in [-0.25, -0.2) is 0 Å². The highest BCUT2D eigenvalue weighted by Crippen LogP contribution is 2.31. The molecule has 130 valence electrons. The van der Waals surface area contributed by atoms with Crippen LogP contribution in [-0.4, -0.2) is 18.6 Å². The summed E-state index contributed by atoms with van der Waals surface area (Å²) in [5, 5.41) is 3.06. The van der Waals surface area contributed by atoms with Gasteiger partial charge in [0.1, 0.15) is 6.61 Å². The van der Waals surface area contributed by atoms with Gasteiger partial charge in [0.15, 0.2) is 11.5 Å². The fourth-order valence-corrected chi connectivity index (χ4v) is 3.56. The van der Waals surface area contributed by atoms with Gasteiger partial charge in [0.25, 0.3) is 5.91 Å². The Morgan fingerprint density at radius 3 is 2.68 bits per heavy atom. The number of rotatable bonds is 3. The maximum atomic E-state index is 12.6. The number of carbonyl (C=O) groups is 1. The van der Waals surface area contributed by atoms with Gasteiger partial charge in [-0.3, -0.25) is 4.79 Å². The van der Waals surface area contributed by atoms with E-state index in [4.69, 9.17) is 9.47 Å². The molecule has 2 aromatic rings. The second-order valence-corrected chi connectivity index (χ2v) is 6.83. The highest BCUT2D eigenvalue weighted by Gasteiger charge is 2.28. The molecule has 1 aliphatic carbocycles. The van der Waals surface area contributed by atoms with Crippen LogP contribution in [-0.2, 0) is 17.6 Å². The number of hydrogen-bond donors (Lipinski definition) is 1. The quantitative estimate of drug-likeness (QED) is 0.931. The van der Waals surface area contributed by atoms with Crippen LogP contribution in [0.4, 0.5) is 0 Å². The van der Waals surface area contributed by atoms with Crippen molar-refractivity contribution in [2.24, 2.45) is 0 Å². The van der Waals surface area contributed by atoms with E-state index in [-0.39, 0.29) is 18.6 Å². The van der Waals surface area contributed by atoms with Gasteiger partial charge >= 0.3 is 0 Å². The summed E-state index contributed by atoms with van der Waals surface area (Å²) in [5.74, 6) is 1.17. The van der Waals surface area contributed by atoms with Crippen molar-refractivity contribution < 1.29 is 14.3 Å². The maximum Gasteiger partial charge on any atom is 0.265 e. The Balaban J connectivity index is 1.42. The zero-order chi connectivity index (χ0) is 17.2. The maximum absolute atomic E-state index is 12.6. The number of fused-ring (bicyclic) bond motifs is 2. The molecule has 1 N–H and O–H groups in total. The average Bonchev–Trinajstić information content (AvgIpc) is 2.67. The van der Waals surface area contributed by atoms with Crippen LogP contribution >= 0.6 is 0 Å². The van der Waals surface area contributed by atoms with Crippen molar-refractivity contribution >= 4 is 5.91 Å². The minimum Gasteiger partial charge on any atom is -0.485 e. The molecule has 4 nitrogen and oxygen atoms in total. The zero-order valence-electron chi connectivity index (χ0n) is 14.5. The smallest absolute Gasteiger partial charge is 0.265 e. The van der Waals surface area contributed by atoms with Gasteiger partial charge in [0.05, 0.1) is 6.04 Å². The minimum atomic E-state index is -0.616. The summed E-state index contributed by atoms with van der Waals surface area (Å²) in [5.41, 5.74) is 4.02. The Hall–Kier alpha value is -2.49. The second kappa shape index (κ2) is 6.79. The van der Waals surface area contributed by atoms with Crippen molar-refractivity contribution in [2.75, 3.05) is 6.61 Å². The highest BCUT2D eigenvalue weighted by molar-refractivity contribution is 5.82. The van der Waals surface area contributed by atoms with Gasteiger partial charge < -0.3 is 14.8 Å². The molecule has 0 aromatic heterocycles. The number of ether oxygens (including phenoxy) is 2. The molecule has 0 fully saturated rings. The molecule has 1 amide bonds. The van der Waals surface area contributed by atoms with E-state index < -0.39 is 6.10 Å². The fraction of sp³-hybridized carbons (Fsp3) is 0.381. The van der Waals surface area contributed by atoms with Gasteiger partial charge in [-0.1, -0.05) is 30.3 Å². The van der Waals surface area contributed by atoms with Crippen LogP contribution in [0.25, 0.3) is 0 Å². The monoisotopic (exact) mass is 337 g/mol. The van der Waals surface area contributed by atoms with Crippen molar-refractivity contribution in [1.82, 2.24) is 5.32 Å². The fourth-order valence-electron chi connectivity index (χ4n) is 3.56. The lowest BCUT2D eigenvalue weighted by Crippen LogP contribution is -2.44. The van der Waals surface area contributed by atoms with Crippen LogP contribution in [0.2, 0.25) is 0 Å². The molecule has 2 atom stereocenters. The van der Waals surface area contributed by atoms with Gasteiger partial charge in [-0.05, 0) is 61.4 Å². The molecule has 2 aliphatic rings. The Morgan fingerprint density at radius 1 is 1.08 bits per heavy atom. The normalized spacial score (nSPS) is 19.6. The van der Waals surface area contributed by atoms with Crippen molar-refractivity contribution in [1.29, 1.82) is 0 Å². The summed E-state index contributed by atoms with van der Waals surface area (Å²) < 4.78 is 11.4. The van der Waals surface area contributed by atoms with Crippen LogP contribution in [0, 0.1) is 0 Å². The molecule has 1 heterocycles. The predicted molar refractivity (Wildman–Crippen MR) is 96.0 cm³/mol. The first-order valence-electron chi connectivity index (χ1n) is 9.01. The van der Waals surface area contributed by atoms with Gasteiger partial charge in [-0.2, -0.15) is 0 Å². The number of benzene rings is 2. The molecule has 25 heavy (non-hydrogen) atoms. The summed E-state index contributed by atoms with van der Waals surface area (Å²) in [6.45, 7) is 2.25. The third kappa shape index (κ3) is 3.34. The first-order valence-corrected chi connectivity index (χ1v) is 9.01. The van der Waals surface area contributed by atoms with Gasteiger partial charge in [-0.15, -0.1) is 0 Å². The first-order chi connectivity index (χ1) is 12.2. The molecule has 0 saturated carbocycles. The summed E-state index contributed by atoms with van der Waals surface area (Å²) in [4.78, 5) is 12.6. The summed E-state index contributed by atoms with van der Waals surface area (Å²) in [7, 11) is 0. The Labute approximate surface area is 148 Å². The molecule has 0 spiro atoms. The van der Waals surface area contributed by atoms with Gasteiger partial charge in [0, 0.05) is 0 Å². The lowest BCUT2D eigenvalue weighted by atomic mass is 9.89. The Bertz CT molecular complexity index is 786. The first kappa shape index (κ1) is 16.0.